The lowest BCUT2D eigenvalue weighted by Crippen LogP contribution is -2.56. The first-order valence-electron chi connectivity index (χ1n) is 7.40. The highest BCUT2D eigenvalue weighted by atomic mass is 32.2. The number of amides is 3. The summed E-state index contributed by atoms with van der Waals surface area (Å²) in [5.41, 5.74) is 0. The fourth-order valence-corrected chi connectivity index (χ4v) is 3.04. The van der Waals surface area contributed by atoms with Gasteiger partial charge in [0, 0.05) is 13.1 Å². The number of carbonyl (C=O) groups excluding carboxylic acids is 2. The van der Waals surface area contributed by atoms with Crippen molar-refractivity contribution in [2.24, 2.45) is 11.8 Å². The van der Waals surface area contributed by atoms with E-state index in [4.69, 9.17) is 0 Å². The topological polar surface area (TPSA) is 70.2 Å². The molecule has 5 nitrogen and oxygen atoms in total. The molecule has 0 spiro atoms. The van der Waals surface area contributed by atoms with Crippen LogP contribution < -0.4 is 16.0 Å². The third-order valence-electron chi connectivity index (χ3n) is 3.24. The van der Waals surface area contributed by atoms with Crippen LogP contribution in [0.2, 0.25) is 0 Å². The summed E-state index contributed by atoms with van der Waals surface area (Å²) in [4.78, 5) is 23.4. The maximum absolute atomic E-state index is 11.7. The molecule has 20 heavy (non-hydrogen) atoms. The van der Waals surface area contributed by atoms with Gasteiger partial charge in [0.25, 0.3) is 0 Å². The lowest BCUT2D eigenvalue weighted by atomic mass is 9.94. The second-order valence-corrected chi connectivity index (χ2v) is 6.91. The van der Waals surface area contributed by atoms with Crippen molar-refractivity contribution < 1.29 is 9.59 Å². The molecule has 1 aliphatic heterocycles. The Labute approximate surface area is 126 Å². The highest BCUT2D eigenvalue weighted by Gasteiger charge is 2.29. The SMILES string of the molecule is CC(C)CSCCCNC(=O)N[C@H]1C(=O)NCC[C@@H]1C. The minimum absolute atomic E-state index is 0.0774. The third-order valence-corrected chi connectivity index (χ3v) is 4.72. The molecule has 1 rings (SSSR count). The quantitative estimate of drug-likeness (QED) is 0.625. The largest absolute Gasteiger partial charge is 0.354 e. The molecular weight excluding hydrogens is 274 g/mol. The molecule has 1 aliphatic rings. The Bertz CT molecular complexity index is 324. The standard InChI is InChI=1S/C14H27N3O2S/c1-10(2)9-20-8-4-6-16-14(19)17-12-11(3)5-7-15-13(12)18/h10-12H,4-9H2,1-3H3,(H,15,18)(H2,16,17,19)/t11-,12+/m0/s1. The van der Waals surface area contributed by atoms with Crippen molar-refractivity contribution in [2.45, 2.75) is 39.7 Å². The van der Waals surface area contributed by atoms with E-state index in [2.05, 4.69) is 29.8 Å². The molecule has 1 fully saturated rings. The van der Waals surface area contributed by atoms with Crippen LogP contribution in [-0.2, 0) is 4.79 Å². The van der Waals surface area contributed by atoms with Crippen molar-refractivity contribution in [3.63, 3.8) is 0 Å². The van der Waals surface area contributed by atoms with Crippen LogP contribution >= 0.6 is 11.8 Å². The Morgan fingerprint density at radius 3 is 2.90 bits per heavy atom. The maximum atomic E-state index is 11.7. The average Bonchev–Trinajstić information content (AvgIpc) is 2.38. The van der Waals surface area contributed by atoms with Crippen LogP contribution in [-0.4, -0.2) is 42.6 Å². The molecular formula is C14H27N3O2S. The van der Waals surface area contributed by atoms with Crippen molar-refractivity contribution in [2.75, 3.05) is 24.6 Å². The number of piperidine rings is 1. The van der Waals surface area contributed by atoms with E-state index in [0.717, 1.165) is 24.3 Å². The van der Waals surface area contributed by atoms with E-state index in [1.54, 1.807) is 0 Å². The Kier molecular flexibility index (Phi) is 7.80. The fourth-order valence-electron chi connectivity index (χ4n) is 2.05. The molecule has 0 aromatic rings. The summed E-state index contributed by atoms with van der Waals surface area (Å²) < 4.78 is 0. The molecule has 0 saturated carbocycles. The number of carbonyl (C=O) groups is 2. The van der Waals surface area contributed by atoms with Crippen LogP contribution in [0.3, 0.4) is 0 Å². The molecule has 1 heterocycles. The van der Waals surface area contributed by atoms with Gasteiger partial charge in [-0.3, -0.25) is 4.79 Å². The van der Waals surface area contributed by atoms with Crippen molar-refractivity contribution in [3.8, 4) is 0 Å². The second kappa shape index (κ2) is 9.10. The van der Waals surface area contributed by atoms with E-state index in [9.17, 15) is 9.59 Å². The van der Waals surface area contributed by atoms with E-state index >= 15 is 0 Å². The van der Waals surface area contributed by atoms with Crippen molar-refractivity contribution in [3.05, 3.63) is 0 Å². The molecule has 6 heteroatoms. The second-order valence-electron chi connectivity index (χ2n) is 5.76. The summed E-state index contributed by atoms with van der Waals surface area (Å²) in [6.07, 6.45) is 1.86. The summed E-state index contributed by atoms with van der Waals surface area (Å²) in [5.74, 6) is 3.04. The Morgan fingerprint density at radius 1 is 1.50 bits per heavy atom. The summed E-state index contributed by atoms with van der Waals surface area (Å²) in [6, 6.07) is -0.646. The highest BCUT2D eigenvalue weighted by molar-refractivity contribution is 7.99. The van der Waals surface area contributed by atoms with Crippen molar-refractivity contribution >= 4 is 23.7 Å². The van der Waals surface area contributed by atoms with Gasteiger partial charge in [0.1, 0.15) is 6.04 Å². The molecule has 3 amide bonds. The first-order valence-corrected chi connectivity index (χ1v) is 8.56. The van der Waals surface area contributed by atoms with Crippen LogP contribution in [0.4, 0.5) is 4.79 Å². The lowest BCUT2D eigenvalue weighted by molar-refractivity contribution is -0.125. The Hall–Kier alpha value is -0.910. The first-order chi connectivity index (χ1) is 9.50. The predicted octanol–water partition coefficient (Wildman–Crippen LogP) is 1.59. The van der Waals surface area contributed by atoms with E-state index in [1.807, 2.05) is 18.7 Å². The molecule has 0 aromatic heterocycles. The van der Waals surface area contributed by atoms with Crippen molar-refractivity contribution in [1.82, 2.24) is 16.0 Å². The minimum atomic E-state index is -0.404. The lowest BCUT2D eigenvalue weighted by Gasteiger charge is -2.28. The zero-order valence-electron chi connectivity index (χ0n) is 12.7. The fraction of sp³-hybridized carbons (Fsp3) is 0.857. The average molecular weight is 301 g/mol. The normalized spacial score (nSPS) is 22.5. The van der Waals surface area contributed by atoms with Crippen LogP contribution in [0.15, 0.2) is 0 Å². The Morgan fingerprint density at radius 2 is 2.25 bits per heavy atom. The predicted molar refractivity (Wildman–Crippen MR) is 83.9 cm³/mol. The molecule has 0 aliphatic carbocycles. The number of urea groups is 1. The van der Waals surface area contributed by atoms with Crippen molar-refractivity contribution in [1.29, 1.82) is 0 Å². The molecule has 116 valence electrons. The smallest absolute Gasteiger partial charge is 0.315 e. The van der Waals surface area contributed by atoms with Gasteiger partial charge >= 0.3 is 6.03 Å². The summed E-state index contributed by atoms with van der Waals surface area (Å²) in [5, 5.41) is 8.35. The molecule has 0 radical (unpaired) electrons. The maximum Gasteiger partial charge on any atom is 0.315 e. The summed E-state index contributed by atoms with van der Waals surface area (Å²) in [6.45, 7) is 7.75. The summed E-state index contributed by atoms with van der Waals surface area (Å²) in [7, 11) is 0. The van der Waals surface area contributed by atoms with Crippen LogP contribution in [0, 0.1) is 11.8 Å². The van der Waals surface area contributed by atoms with Gasteiger partial charge in [0.15, 0.2) is 0 Å². The highest BCUT2D eigenvalue weighted by Crippen LogP contribution is 2.12. The number of hydrogen-bond donors (Lipinski definition) is 3. The summed E-state index contributed by atoms with van der Waals surface area (Å²) >= 11 is 1.91. The third kappa shape index (κ3) is 6.50. The zero-order chi connectivity index (χ0) is 15.0. The zero-order valence-corrected chi connectivity index (χ0v) is 13.5. The van der Waals surface area contributed by atoms with E-state index in [1.165, 1.54) is 0 Å². The molecule has 0 aromatic carbocycles. The van der Waals surface area contributed by atoms with Gasteiger partial charge in [-0.15, -0.1) is 0 Å². The number of nitrogens with one attached hydrogen (secondary N) is 3. The number of thioether (sulfide) groups is 1. The van der Waals surface area contributed by atoms with Crippen LogP contribution in [0.5, 0.6) is 0 Å². The van der Waals surface area contributed by atoms with Crippen LogP contribution in [0.25, 0.3) is 0 Å². The number of hydrogen-bond acceptors (Lipinski definition) is 3. The van der Waals surface area contributed by atoms with Gasteiger partial charge in [0.2, 0.25) is 5.91 Å². The van der Waals surface area contributed by atoms with E-state index < -0.39 is 6.04 Å². The van der Waals surface area contributed by atoms with E-state index in [-0.39, 0.29) is 17.9 Å². The monoisotopic (exact) mass is 301 g/mol. The van der Waals surface area contributed by atoms with Crippen LogP contribution in [0.1, 0.15) is 33.6 Å². The Balaban J connectivity index is 2.12. The van der Waals surface area contributed by atoms with Gasteiger partial charge in [0.05, 0.1) is 0 Å². The van der Waals surface area contributed by atoms with Gasteiger partial charge in [-0.2, -0.15) is 11.8 Å². The molecule has 3 N–H and O–H groups in total. The molecule has 0 unspecified atom stereocenters. The van der Waals surface area contributed by atoms with Gasteiger partial charge in [-0.05, 0) is 36.2 Å². The molecule has 0 bridgehead atoms. The van der Waals surface area contributed by atoms with E-state index in [0.29, 0.717) is 19.0 Å². The van der Waals surface area contributed by atoms with Gasteiger partial charge in [-0.1, -0.05) is 20.8 Å². The molecule has 2 atom stereocenters. The first kappa shape index (κ1) is 17.1. The number of rotatable bonds is 7. The van der Waals surface area contributed by atoms with Gasteiger partial charge in [-0.25, -0.2) is 4.79 Å². The minimum Gasteiger partial charge on any atom is -0.354 e. The van der Waals surface area contributed by atoms with Gasteiger partial charge < -0.3 is 16.0 Å². The molecule has 1 saturated heterocycles.